The lowest BCUT2D eigenvalue weighted by Gasteiger charge is -2.29. The molecule has 0 aliphatic carbocycles. The van der Waals surface area contributed by atoms with Crippen molar-refractivity contribution in [1.82, 2.24) is 9.78 Å². The number of hydrogen-bond acceptors (Lipinski definition) is 4. The molecule has 1 atom stereocenters. The molecule has 4 rings (SSSR count). The maximum absolute atomic E-state index is 10.1. The Hall–Kier alpha value is -2.95. The van der Waals surface area contributed by atoms with Crippen LogP contribution in [-0.4, -0.2) is 22.0 Å². The van der Waals surface area contributed by atoms with E-state index in [2.05, 4.69) is 28.6 Å². The molecule has 0 unspecified atom stereocenters. The summed E-state index contributed by atoms with van der Waals surface area (Å²) in [5.41, 5.74) is 5.13. The zero-order valence-electron chi connectivity index (χ0n) is 12.9. The Morgan fingerprint density at radius 2 is 2.00 bits per heavy atom. The number of hydrogen-bond donors (Lipinski definition) is 2. The van der Waals surface area contributed by atoms with Crippen molar-refractivity contribution in [2.75, 3.05) is 12.4 Å². The first-order valence-corrected chi connectivity index (χ1v) is 7.46. The Morgan fingerprint density at radius 1 is 1.17 bits per heavy atom. The van der Waals surface area contributed by atoms with Crippen LogP contribution < -0.4 is 10.1 Å². The number of aromatic nitrogens is 2. The number of aryl methyl sites for hydroxylation is 1. The first-order chi connectivity index (χ1) is 11.2. The predicted octanol–water partition coefficient (Wildman–Crippen LogP) is 3.55. The van der Waals surface area contributed by atoms with Crippen molar-refractivity contribution < 1.29 is 9.84 Å². The molecule has 0 amide bonds. The molecule has 3 aromatic rings. The lowest BCUT2D eigenvalue weighted by atomic mass is 10.0. The molecule has 2 N–H and O–H groups in total. The van der Waals surface area contributed by atoms with Gasteiger partial charge in [0.05, 0.1) is 18.5 Å². The zero-order chi connectivity index (χ0) is 16.0. The molecule has 5 nitrogen and oxygen atoms in total. The second-order valence-electron chi connectivity index (χ2n) is 5.64. The Labute approximate surface area is 134 Å². The molecule has 0 saturated carbocycles. The minimum absolute atomic E-state index is 0.121. The maximum atomic E-state index is 10.1. The van der Waals surface area contributed by atoms with Gasteiger partial charge in [-0.3, -0.25) is 0 Å². The van der Waals surface area contributed by atoms with Crippen LogP contribution in [0.3, 0.4) is 0 Å². The standard InChI is InChI=1S/C18H17N3O2/c1-11-9-15-13-5-3-4-6-14(13)19-18(21(15)20-11)12-7-8-17(23-2)16(22)10-12/h3-10,18-19,22H,1-2H3/t18-/m1/s1. The summed E-state index contributed by atoms with van der Waals surface area (Å²) < 4.78 is 7.08. The van der Waals surface area contributed by atoms with E-state index < -0.39 is 0 Å². The summed E-state index contributed by atoms with van der Waals surface area (Å²) in [5, 5.41) is 18.2. The molecule has 1 aliphatic rings. The van der Waals surface area contributed by atoms with Gasteiger partial charge in [-0.1, -0.05) is 24.3 Å². The molecule has 0 bridgehead atoms. The van der Waals surface area contributed by atoms with Gasteiger partial charge in [-0.15, -0.1) is 0 Å². The minimum atomic E-state index is -0.176. The van der Waals surface area contributed by atoms with Crippen molar-refractivity contribution in [3.63, 3.8) is 0 Å². The van der Waals surface area contributed by atoms with Crippen LogP contribution in [0.25, 0.3) is 11.3 Å². The minimum Gasteiger partial charge on any atom is -0.504 e. The summed E-state index contributed by atoms with van der Waals surface area (Å²) in [4.78, 5) is 0. The van der Waals surface area contributed by atoms with E-state index in [1.54, 1.807) is 19.2 Å². The largest absolute Gasteiger partial charge is 0.504 e. The number of aromatic hydroxyl groups is 1. The monoisotopic (exact) mass is 307 g/mol. The molecule has 0 spiro atoms. The first-order valence-electron chi connectivity index (χ1n) is 7.46. The maximum Gasteiger partial charge on any atom is 0.160 e. The van der Waals surface area contributed by atoms with Crippen LogP contribution in [0.5, 0.6) is 11.5 Å². The van der Waals surface area contributed by atoms with E-state index in [-0.39, 0.29) is 11.9 Å². The van der Waals surface area contributed by atoms with E-state index >= 15 is 0 Å². The van der Waals surface area contributed by atoms with E-state index in [1.807, 2.05) is 29.8 Å². The molecular weight excluding hydrogens is 290 g/mol. The van der Waals surface area contributed by atoms with Gasteiger partial charge in [0.25, 0.3) is 0 Å². The molecule has 2 heterocycles. The highest BCUT2D eigenvalue weighted by Gasteiger charge is 2.26. The number of rotatable bonds is 2. The number of ether oxygens (including phenoxy) is 1. The van der Waals surface area contributed by atoms with Crippen LogP contribution in [0.2, 0.25) is 0 Å². The van der Waals surface area contributed by atoms with Gasteiger partial charge in [0, 0.05) is 16.8 Å². The van der Waals surface area contributed by atoms with Gasteiger partial charge < -0.3 is 15.2 Å². The van der Waals surface area contributed by atoms with Crippen LogP contribution in [0.1, 0.15) is 17.4 Å². The number of fused-ring (bicyclic) bond motifs is 3. The van der Waals surface area contributed by atoms with Gasteiger partial charge in [-0.2, -0.15) is 5.10 Å². The molecule has 1 aliphatic heterocycles. The van der Waals surface area contributed by atoms with Crippen molar-refractivity contribution in [1.29, 1.82) is 0 Å². The molecule has 0 saturated heterocycles. The average molecular weight is 307 g/mol. The fourth-order valence-electron chi connectivity index (χ4n) is 3.06. The Morgan fingerprint density at radius 3 is 2.78 bits per heavy atom. The highest BCUT2D eigenvalue weighted by Crippen LogP contribution is 2.39. The van der Waals surface area contributed by atoms with Crippen LogP contribution in [-0.2, 0) is 0 Å². The molecule has 2 aromatic carbocycles. The third-order valence-electron chi connectivity index (χ3n) is 4.12. The fraction of sp³-hybridized carbons (Fsp3) is 0.167. The molecule has 0 radical (unpaired) electrons. The number of benzene rings is 2. The van der Waals surface area contributed by atoms with Gasteiger partial charge in [-0.25, -0.2) is 4.68 Å². The summed E-state index contributed by atoms with van der Waals surface area (Å²) in [5.74, 6) is 0.581. The quantitative estimate of drug-likeness (QED) is 0.760. The zero-order valence-corrected chi connectivity index (χ0v) is 12.9. The number of phenolic OH excluding ortho intramolecular Hbond substituents is 1. The van der Waals surface area contributed by atoms with Gasteiger partial charge in [0.1, 0.15) is 6.17 Å². The molecular formula is C18H17N3O2. The smallest absolute Gasteiger partial charge is 0.160 e. The molecule has 23 heavy (non-hydrogen) atoms. The lowest BCUT2D eigenvalue weighted by Crippen LogP contribution is -2.25. The van der Waals surface area contributed by atoms with Crippen LogP contribution in [0, 0.1) is 6.92 Å². The fourth-order valence-corrected chi connectivity index (χ4v) is 3.06. The van der Waals surface area contributed by atoms with Gasteiger partial charge in [-0.05, 0) is 31.2 Å². The topological polar surface area (TPSA) is 59.3 Å². The SMILES string of the molecule is COc1ccc([C@@H]2Nc3ccccc3-c3cc(C)nn32)cc1O. The van der Waals surface area contributed by atoms with Crippen molar-refractivity contribution >= 4 is 5.69 Å². The normalized spacial score (nSPS) is 15.5. The summed E-state index contributed by atoms with van der Waals surface area (Å²) in [6.45, 7) is 1.98. The molecule has 5 heteroatoms. The van der Waals surface area contributed by atoms with Crippen LogP contribution >= 0.6 is 0 Å². The number of anilines is 1. The molecule has 0 fully saturated rings. The predicted molar refractivity (Wildman–Crippen MR) is 88.8 cm³/mol. The highest BCUT2D eigenvalue weighted by atomic mass is 16.5. The van der Waals surface area contributed by atoms with E-state index in [0.717, 1.165) is 28.2 Å². The van der Waals surface area contributed by atoms with Gasteiger partial charge in [0.15, 0.2) is 11.5 Å². The van der Waals surface area contributed by atoms with Crippen molar-refractivity contribution in [3.05, 3.63) is 59.8 Å². The van der Waals surface area contributed by atoms with E-state index in [9.17, 15) is 5.11 Å². The number of nitrogens with zero attached hydrogens (tertiary/aromatic N) is 2. The molecule has 116 valence electrons. The second kappa shape index (κ2) is 5.05. The third kappa shape index (κ3) is 2.12. The van der Waals surface area contributed by atoms with Crippen molar-refractivity contribution in [2.45, 2.75) is 13.1 Å². The Bertz CT molecular complexity index is 886. The second-order valence-corrected chi connectivity index (χ2v) is 5.64. The van der Waals surface area contributed by atoms with Gasteiger partial charge >= 0.3 is 0 Å². The first kappa shape index (κ1) is 13.7. The number of methoxy groups -OCH3 is 1. The van der Waals surface area contributed by atoms with Gasteiger partial charge in [0.2, 0.25) is 0 Å². The summed E-state index contributed by atoms with van der Waals surface area (Å²) >= 11 is 0. The van der Waals surface area contributed by atoms with Crippen LogP contribution in [0.15, 0.2) is 48.5 Å². The Kier molecular flexibility index (Phi) is 3.01. The number of phenols is 1. The number of nitrogens with one attached hydrogen (secondary N) is 1. The summed E-state index contributed by atoms with van der Waals surface area (Å²) in [7, 11) is 1.54. The number of para-hydroxylation sites is 1. The molecule has 1 aromatic heterocycles. The van der Waals surface area contributed by atoms with Crippen molar-refractivity contribution in [2.24, 2.45) is 0 Å². The third-order valence-corrected chi connectivity index (χ3v) is 4.12. The summed E-state index contributed by atoms with van der Waals surface area (Å²) in [6.07, 6.45) is -0.176. The summed E-state index contributed by atoms with van der Waals surface area (Å²) in [6, 6.07) is 15.7. The highest BCUT2D eigenvalue weighted by molar-refractivity contribution is 5.78. The van der Waals surface area contributed by atoms with E-state index in [4.69, 9.17) is 4.74 Å². The van der Waals surface area contributed by atoms with E-state index in [0.29, 0.717) is 5.75 Å². The van der Waals surface area contributed by atoms with Crippen LogP contribution in [0.4, 0.5) is 5.69 Å². The lowest BCUT2D eigenvalue weighted by molar-refractivity contribution is 0.372. The Balaban J connectivity index is 1.86. The van der Waals surface area contributed by atoms with E-state index in [1.165, 1.54) is 0 Å². The van der Waals surface area contributed by atoms with Crippen molar-refractivity contribution in [3.8, 4) is 22.8 Å². The average Bonchev–Trinajstić information content (AvgIpc) is 2.95.